The van der Waals surface area contributed by atoms with Crippen molar-refractivity contribution in [1.82, 2.24) is 19.7 Å². The van der Waals surface area contributed by atoms with Crippen LogP contribution in [0.3, 0.4) is 0 Å². The highest BCUT2D eigenvalue weighted by Gasteiger charge is 2.17. The van der Waals surface area contributed by atoms with Crippen LogP contribution in [0.2, 0.25) is 5.02 Å². The van der Waals surface area contributed by atoms with Gasteiger partial charge in [0, 0.05) is 23.8 Å². The van der Waals surface area contributed by atoms with Gasteiger partial charge in [0.05, 0.1) is 11.6 Å². The van der Waals surface area contributed by atoms with Gasteiger partial charge in [0.15, 0.2) is 5.65 Å². The van der Waals surface area contributed by atoms with Gasteiger partial charge in [-0.25, -0.2) is 0 Å². The van der Waals surface area contributed by atoms with Gasteiger partial charge in [-0.05, 0) is 31.0 Å². The zero-order valence-corrected chi connectivity index (χ0v) is 14.9. The van der Waals surface area contributed by atoms with Gasteiger partial charge >= 0.3 is 0 Å². The third-order valence-corrected chi connectivity index (χ3v) is 4.85. The summed E-state index contributed by atoms with van der Waals surface area (Å²) in [7, 11) is 1.89. The van der Waals surface area contributed by atoms with E-state index in [2.05, 4.69) is 20.7 Å². The average Bonchev–Trinajstić information content (AvgIpc) is 2.97. The predicted octanol–water partition coefficient (Wildman–Crippen LogP) is 4.50. The molecule has 0 saturated heterocycles. The van der Waals surface area contributed by atoms with Crippen molar-refractivity contribution >= 4 is 40.1 Å². The van der Waals surface area contributed by atoms with Crippen LogP contribution in [0.4, 0.5) is 17.5 Å². The number of aryl methyl sites for hydroxylation is 1. The molecule has 6 nitrogen and oxygen atoms in total. The number of nitrogens with one attached hydrogen (secondary N) is 2. The van der Waals surface area contributed by atoms with E-state index in [9.17, 15) is 0 Å². The maximum Gasteiger partial charge on any atom is 0.231 e. The van der Waals surface area contributed by atoms with E-state index >= 15 is 0 Å². The van der Waals surface area contributed by atoms with Crippen LogP contribution in [0.1, 0.15) is 32.1 Å². The predicted molar refractivity (Wildman–Crippen MR) is 102 cm³/mol. The van der Waals surface area contributed by atoms with Gasteiger partial charge in [-0.3, -0.25) is 4.68 Å². The number of benzene rings is 1. The lowest BCUT2D eigenvalue weighted by Crippen LogP contribution is -2.23. The molecule has 1 saturated carbocycles. The number of aromatic nitrogens is 4. The second-order valence-corrected chi connectivity index (χ2v) is 6.95. The summed E-state index contributed by atoms with van der Waals surface area (Å²) in [6, 6.07) is 8.00. The Morgan fingerprint density at radius 1 is 1.16 bits per heavy atom. The number of halogens is 1. The van der Waals surface area contributed by atoms with E-state index in [-0.39, 0.29) is 0 Å². The van der Waals surface area contributed by atoms with Gasteiger partial charge in [0.1, 0.15) is 5.82 Å². The van der Waals surface area contributed by atoms with E-state index in [1.165, 1.54) is 32.1 Å². The largest absolute Gasteiger partial charge is 0.367 e. The van der Waals surface area contributed by atoms with Gasteiger partial charge < -0.3 is 10.6 Å². The van der Waals surface area contributed by atoms with Crippen LogP contribution in [0.25, 0.3) is 11.0 Å². The summed E-state index contributed by atoms with van der Waals surface area (Å²) in [5.41, 5.74) is 1.66. The maximum absolute atomic E-state index is 6.07. The Balaban J connectivity index is 1.68. The van der Waals surface area contributed by atoms with Gasteiger partial charge in [-0.2, -0.15) is 15.1 Å². The Morgan fingerprint density at radius 3 is 2.80 bits per heavy atom. The lowest BCUT2D eigenvalue weighted by molar-refractivity contribution is 0.462. The molecule has 0 spiro atoms. The Bertz CT molecular complexity index is 884. The van der Waals surface area contributed by atoms with Gasteiger partial charge in [0.25, 0.3) is 0 Å². The molecule has 7 heteroatoms. The second kappa shape index (κ2) is 6.88. The molecule has 25 heavy (non-hydrogen) atoms. The molecule has 0 unspecified atom stereocenters. The Hall–Kier alpha value is -2.34. The highest BCUT2D eigenvalue weighted by molar-refractivity contribution is 6.30. The minimum absolute atomic E-state index is 0.464. The quantitative estimate of drug-likeness (QED) is 0.720. The van der Waals surface area contributed by atoms with Crippen LogP contribution in [0, 0.1) is 0 Å². The van der Waals surface area contributed by atoms with E-state index in [1.54, 1.807) is 4.68 Å². The number of hydrogen-bond acceptors (Lipinski definition) is 5. The van der Waals surface area contributed by atoms with Crippen molar-refractivity contribution in [2.45, 2.75) is 38.1 Å². The summed E-state index contributed by atoms with van der Waals surface area (Å²) in [4.78, 5) is 9.31. The van der Waals surface area contributed by atoms with Crippen molar-refractivity contribution in [3.63, 3.8) is 0 Å². The molecule has 1 fully saturated rings. The van der Waals surface area contributed by atoms with Crippen LogP contribution >= 0.6 is 11.6 Å². The summed E-state index contributed by atoms with van der Waals surface area (Å²) < 4.78 is 1.77. The molecule has 2 heterocycles. The zero-order chi connectivity index (χ0) is 17.2. The first kappa shape index (κ1) is 16.1. The molecule has 0 radical (unpaired) electrons. The number of nitrogens with zero attached hydrogens (tertiary/aromatic N) is 4. The minimum atomic E-state index is 0.464. The topological polar surface area (TPSA) is 67.7 Å². The molecule has 0 bridgehead atoms. The average molecular weight is 357 g/mol. The SMILES string of the molecule is Cn1ncc2c(NC3CCCCC3)nc(Nc3cccc(Cl)c3)nc21. The zero-order valence-electron chi connectivity index (χ0n) is 14.2. The van der Waals surface area contributed by atoms with Crippen LogP contribution in [-0.2, 0) is 7.05 Å². The first-order valence-corrected chi connectivity index (χ1v) is 9.06. The summed E-state index contributed by atoms with van der Waals surface area (Å²) in [5, 5.41) is 12.8. The van der Waals surface area contributed by atoms with Crippen molar-refractivity contribution in [3.05, 3.63) is 35.5 Å². The fourth-order valence-corrected chi connectivity index (χ4v) is 3.51. The number of fused-ring (bicyclic) bond motifs is 1. The smallest absolute Gasteiger partial charge is 0.231 e. The molecule has 0 aliphatic heterocycles. The van der Waals surface area contributed by atoms with Crippen molar-refractivity contribution in [3.8, 4) is 0 Å². The van der Waals surface area contributed by atoms with E-state index < -0.39 is 0 Å². The highest BCUT2D eigenvalue weighted by atomic mass is 35.5. The van der Waals surface area contributed by atoms with Crippen molar-refractivity contribution in [2.24, 2.45) is 7.05 Å². The van der Waals surface area contributed by atoms with E-state index in [0.717, 1.165) is 22.5 Å². The van der Waals surface area contributed by atoms with E-state index in [0.29, 0.717) is 17.0 Å². The second-order valence-electron chi connectivity index (χ2n) is 6.52. The van der Waals surface area contributed by atoms with Crippen molar-refractivity contribution in [1.29, 1.82) is 0 Å². The molecule has 0 amide bonds. The first-order chi connectivity index (χ1) is 12.2. The molecule has 130 valence electrons. The Morgan fingerprint density at radius 2 is 2.00 bits per heavy atom. The molecule has 3 aromatic rings. The van der Waals surface area contributed by atoms with Crippen molar-refractivity contribution in [2.75, 3.05) is 10.6 Å². The standard InChI is InChI=1S/C18H21ClN6/c1-25-17-15(11-20-25)16(21-13-7-3-2-4-8-13)23-18(24-17)22-14-9-5-6-12(19)10-14/h5-6,9-11,13H,2-4,7-8H2,1H3,(H2,21,22,23,24). The van der Waals surface area contributed by atoms with E-state index in [1.807, 2.05) is 37.5 Å². The Kier molecular flexibility index (Phi) is 4.44. The molecular weight excluding hydrogens is 336 g/mol. The normalized spacial score (nSPS) is 15.4. The summed E-state index contributed by atoms with van der Waals surface area (Å²) in [5.74, 6) is 1.38. The van der Waals surface area contributed by atoms with Crippen LogP contribution in [-0.4, -0.2) is 25.8 Å². The molecule has 2 N–H and O–H groups in total. The lowest BCUT2D eigenvalue weighted by atomic mass is 9.95. The number of hydrogen-bond donors (Lipinski definition) is 2. The van der Waals surface area contributed by atoms with Crippen LogP contribution < -0.4 is 10.6 Å². The van der Waals surface area contributed by atoms with Gasteiger partial charge in [-0.1, -0.05) is 36.9 Å². The fraction of sp³-hybridized carbons (Fsp3) is 0.389. The molecular formula is C18H21ClN6. The maximum atomic E-state index is 6.07. The first-order valence-electron chi connectivity index (χ1n) is 8.68. The summed E-state index contributed by atoms with van der Waals surface area (Å²) in [6.07, 6.45) is 8.06. The molecule has 0 atom stereocenters. The van der Waals surface area contributed by atoms with Gasteiger partial charge in [-0.15, -0.1) is 0 Å². The molecule has 1 aliphatic carbocycles. The van der Waals surface area contributed by atoms with Crippen LogP contribution in [0.15, 0.2) is 30.5 Å². The third kappa shape index (κ3) is 3.54. The van der Waals surface area contributed by atoms with Gasteiger partial charge in [0.2, 0.25) is 5.95 Å². The Labute approximate surface area is 151 Å². The lowest BCUT2D eigenvalue weighted by Gasteiger charge is -2.23. The fourth-order valence-electron chi connectivity index (χ4n) is 3.32. The monoisotopic (exact) mass is 356 g/mol. The molecule has 1 aliphatic rings. The third-order valence-electron chi connectivity index (χ3n) is 4.62. The molecule has 2 aromatic heterocycles. The molecule has 1 aromatic carbocycles. The summed E-state index contributed by atoms with van der Waals surface area (Å²) >= 11 is 6.07. The van der Waals surface area contributed by atoms with Crippen molar-refractivity contribution < 1.29 is 0 Å². The highest BCUT2D eigenvalue weighted by Crippen LogP contribution is 2.27. The number of rotatable bonds is 4. The molecule has 4 rings (SSSR count). The summed E-state index contributed by atoms with van der Waals surface area (Å²) in [6.45, 7) is 0. The minimum Gasteiger partial charge on any atom is -0.367 e. The van der Waals surface area contributed by atoms with Crippen LogP contribution in [0.5, 0.6) is 0 Å². The number of anilines is 3. The van der Waals surface area contributed by atoms with E-state index in [4.69, 9.17) is 16.6 Å².